The molecule has 0 radical (unpaired) electrons. The smallest absolute Gasteiger partial charge is 0.247 e. The van der Waals surface area contributed by atoms with Gasteiger partial charge in [-0.3, -0.25) is 9.36 Å². The molecule has 10 nitrogen and oxygen atoms in total. The van der Waals surface area contributed by atoms with E-state index in [2.05, 4.69) is 50.1 Å². The maximum absolute atomic E-state index is 11.1. The van der Waals surface area contributed by atoms with E-state index in [1.54, 1.807) is 17.1 Å². The van der Waals surface area contributed by atoms with Gasteiger partial charge in [-0.1, -0.05) is 30.8 Å². The summed E-state index contributed by atoms with van der Waals surface area (Å²) in [4.78, 5) is 25.1. The highest BCUT2D eigenvalue weighted by Gasteiger charge is 2.20. The number of para-hydroxylation sites is 1. The van der Waals surface area contributed by atoms with Gasteiger partial charge in [0, 0.05) is 36.5 Å². The molecule has 4 N–H and O–H groups in total. The number of nitrogen functional groups attached to an aromatic ring is 1. The third-order valence-corrected chi connectivity index (χ3v) is 7.48. The third-order valence-electron chi connectivity index (χ3n) is 7.48. The molecule has 0 bridgehead atoms. The lowest BCUT2D eigenvalue weighted by Crippen LogP contribution is -2.12. The van der Waals surface area contributed by atoms with Crippen LogP contribution in [0.3, 0.4) is 0 Å². The lowest BCUT2D eigenvalue weighted by molar-refractivity contribution is -0.111. The van der Waals surface area contributed by atoms with Crippen LogP contribution in [0.1, 0.15) is 23.1 Å². The molecule has 44 heavy (non-hydrogen) atoms. The van der Waals surface area contributed by atoms with Gasteiger partial charge in [-0.05, 0) is 97.6 Å². The van der Waals surface area contributed by atoms with Gasteiger partial charge in [-0.15, -0.1) is 0 Å². The fraction of sp³-hybridized carbons (Fsp3) is 0.147. The lowest BCUT2D eigenvalue weighted by atomic mass is 10.1. The number of carbonyl (C=O) groups excluding carboxylic acids is 1. The number of imidazole rings is 1. The molecule has 6 aromatic rings. The van der Waals surface area contributed by atoms with Crippen molar-refractivity contribution in [3.05, 3.63) is 121 Å². The summed E-state index contributed by atoms with van der Waals surface area (Å²) in [6.45, 7) is 4.13. The van der Waals surface area contributed by atoms with Gasteiger partial charge in [0.2, 0.25) is 5.91 Å². The van der Waals surface area contributed by atoms with Gasteiger partial charge in [0.25, 0.3) is 0 Å². The molecule has 1 aliphatic carbocycles. The van der Waals surface area contributed by atoms with Gasteiger partial charge in [0.05, 0.1) is 5.56 Å². The number of pyridine rings is 2. The Kier molecular flexibility index (Phi) is 8.24. The van der Waals surface area contributed by atoms with E-state index in [-0.39, 0.29) is 5.91 Å². The van der Waals surface area contributed by atoms with Crippen LogP contribution < -0.4 is 16.4 Å². The number of fused-ring (bicyclic) bond motifs is 2. The second-order valence-corrected chi connectivity index (χ2v) is 10.4. The van der Waals surface area contributed by atoms with Crippen LogP contribution in [0.2, 0.25) is 0 Å². The molecular formula is C34H33N9O. The zero-order valence-electron chi connectivity index (χ0n) is 24.4. The van der Waals surface area contributed by atoms with Crippen molar-refractivity contribution in [3.8, 4) is 22.9 Å². The first-order valence-corrected chi connectivity index (χ1v) is 14.4. The van der Waals surface area contributed by atoms with E-state index < -0.39 is 0 Å². The van der Waals surface area contributed by atoms with Crippen molar-refractivity contribution < 1.29 is 4.79 Å². The second-order valence-electron chi connectivity index (χ2n) is 10.4. The van der Waals surface area contributed by atoms with Gasteiger partial charge in [-0.25, -0.2) is 19.6 Å². The number of benzene rings is 2. The van der Waals surface area contributed by atoms with Crippen molar-refractivity contribution in [2.45, 2.75) is 25.8 Å². The van der Waals surface area contributed by atoms with Crippen LogP contribution >= 0.6 is 0 Å². The highest BCUT2D eigenvalue weighted by Crippen LogP contribution is 2.32. The molecule has 7 rings (SSSR count). The third kappa shape index (κ3) is 5.83. The fourth-order valence-electron chi connectivity index (χ4n) is 5.38. The number of anilines is 2. The van der Waals surface area contributed by atoms with Crippen LogP contribution in [0.15, 0.2) is 104 Å². The molecule has 10 heteroatoms. The van der Waals surface area contributed by atoms with Crippen molar-refractivity contribution in [2.75, 3.05) is 18.1 Å². The Morgan fingerprint density at radius 2 is 1.86 bits per heavy atom. The van der Waals surface area contributed by atoms with Gasteiger partial charge >= 0.3 is 0 Å². The summed E-state index contributed by atoms with van der Waals surface area (Å²) in [6.07, 6.45) is 10.0. The monoisotopic (exact) mass is 583 g/mol. The Morgan fingerprint density at radius 1 is 1.00 bits per heavy atom. The molecule has 0 aliphatic heterocycles. The van der Waals surface area contributed by atoms with E-state index in [1.165, 1.54) is 23.6 Å². The zero-order valence-corrected chi connectivity index (χ0v) is 24.4. The number of aryl methyl sites for hydroxylation is 2. The van der Waals surface area contributed by atoms with Crippen LogP contribution in [0.25, 0.3) is 34.1 Å². The topological polar surface area (TPSA) is 129 Å². The van der Waals surface area contributed by atoms with Crippen molar-refractivity contribution in [1.29, 1.82) is 0 Å². The molecule has 0 spiro atoms. The Bertz CT molecular complexity index is 1940. The highest BCUT2D eigenvalue weighted by atomic mass is 16.1. The van der Waals surface area contributed by atoms with E-state index in [1.807, 2.05) is 67.8 Å². The molecule has 0 saturated heterocycles. The molecule has 4 aromatic heterocycles. The van der Waals surface area contributed by atoms with E-state index in [9.17, 15) is 4.79 Å². The summed E-state index contributed by atoms with van der Waals surface area (Å²) in [6, 6.07) is 23.9. The number of aromatic nitrogens is 6. The first-order chi connectivity index (χ1) is 21.6. The average Bonchev–Trinajstić information content (AvgIpc) is 3.82. The quantitative estimate of drug-likeness (QED) is 0.218. The van der Waals surface area contributed by atoms with Gasteiger partial charge in [-0.2, -0.15) is 5.10 Å². The highest BCUT2D eigenvalue weighted by molar-refractivity contribution is 5.99. The molecule has 0 atom stereocenters. The number of hydrogen-bond acceptors (Lipinski definition) is 7. The molecule has 4 heterocycles. The first kappa shape index (κ1) is 28.5. The van der Waals surface area contributed by atoms with Crippen molar-refractivity contribution in [2.24, 2.45) is 0 Å². The van der Waals surface area contributed by atoms with E-state index in [0.717, 1.165) is 64.7 Å². The maximum Gasteiger partial charge on any atom is 0.247 e. The lowest BCUT2D eigenvalue weighted by Gasteiger charge is -2.12. The Balaban J connectivity index is 0.000000208. The number of nitrogens with two attached hydrogens (primary N) is 1. The van der Waals surface area contributed by atoms with Crippen LogP contribution in [0.4, 0.5) is 11.5 Å². The van der Waals surface area contributed by atoms with E-state index >= 15 is 0 Å². The van der Waals surface area contributed by atoms with Crippen LogP contribution in [-0.2, 0) is 24.2 Å². The van der Waals surface area contributed by atoms with Crippen molar-refractivity contribution in [3.63, 3.8) is 0 Å². The SMILES string of the molecule is C=CC(=O)Nc1ccccc1CNC.Nc1ncccc1-c1nc2ccc(-n3cccn3)nc2n1-c1ccc2c(c1)CCC2. The number of nitrogens with zero attached hydrogens (tertiary/aromatic N) is 6. The molecule has 1 amide bonds. The zero-order chi connectivity index (χ0) is 30.5. The summed E-state index contributed by atoms with van der Waals surface area (Å²) < 4.78 is 3.83. The predicted octanol–water partition coefficient (Wildman–Crippen LogP) is 5.27. The van der Waals surface area contributed by atoms with Gasteiger partial charge in [0.1, 0.15) is 11.3 Å². The Morgan fingerprint density at radius 3 is 2.66 bits per heavy atom. The first-order valence-electron chi connectivity index (χ1n) is 14.4. The summed E-state index contributed by atoms with van der Waals surface area (Å²) in [5.41, 5.74) is 14.3. The normalized spacial score (nSPS) is 11.9. The van der Waals surface area contributed by atoms with Crippen LogP contribution in [0, 0.1) is 0 Å². The number of hydrogen-bond donors (Lipinski definition) is 3. The second kappa shape index (κ2) is 12.7. The molecule has 1 aliphatic rings. The average molecular weight is 584 g/mol. The summed E-state index contributed by atoms with van der Waals surface area (Å²) in [5.74, 6) is 1.73. The van der Waals surface area contributed by atoms with Gasteiger partial charge in [0.15, 0.2) is 17.3 Å². The molecule has 220 valence electrons. The molecule has 2 aromatic carbocycles. The van der Waals surface area contributed by atoms with Crippen molar-refractivity contribution >= 4 is 28.6 Å². The molecule has 0 fully saturated rings. The minimum Gasteiger partial charge on any atom is -0.383 e. The summed E-state index contributed by atoms with van der Waals surface area (Å²) in [7, 11) is 1.87. The number of amides is 1. The number of rotatable bonds is 7. The van der Waals surface area contributed by atoms with E-state index in [0.29, 0.717) is 5.82 Å². The standard InChI is InChI=1S/C23H19N7.C11H14N2O/c24-21-18(6-2-11-25-21)22-27-19-9-10-20(29-13-3-12-26-29)28-23(19)30(22)17-8-7-15-4-1-5-16(15)14-17;1-3-11(14)13-10-7-5-4-6-9(10)8-12-2/h2-3,6-14H,1,4-5H2,(H2,24,25);3-7,12H,1,8H2,2H3,(H,13,14). The number of nitrogens with one attached hydrogen (secondary N) is 2. The Labute approximate surface area is 255 Å². The largest absolute Gasteiger partial charge is 0.383 e. The van der Waals surface area contributed by atoms with Crippen LogP contribution in [-0.4, -0.2) is 42.3 Å². The molecule has 0 saturated carbocycles. The van der Waals surface area contributed by atoms with Crippen LogP contribution in [0.5, 0.6) is 0 Å². The maximum atomic E-state index is 11.1. The minimum atomic E-state index is -0.187. The fourth-order valence-corrected chi connectivity index (χ4v) is 5.38. The minimum absolute atomic E-state index is 0.187. The number of carbonyl (C=O) groups is 1. The predicted molar refractivity (Wildman–Crippen MR) is 174 cm³/mol. The summed E-state index contributed by atoms with van der Waals surface area (Å²) in [5, 5.41) is 10.1. The van der Waals surface area contributed by atoms with Gasteiger partial charge < -0.3 is 16.4 Å². The molecular weight excluding hydrogens is 550 g/mol. The molecule has 0 unspecified atom stereocenters. The van der Waals surface area contributed by atoms with E-state index in [4.69, 9.17) is 15.7 Å². The Hall–Kier alpha value is -5.61. The summed E-state index contributed by atoms with van der Waals surface area (Å²) >= 11 is 0. The van der Waals surface area contributed by atoms with Crippen molar-refractivity contribution in [1.82, 2.24) is 34.6 Å².